The molecule has 0 radical (unpaired) electrons. The molecule has 9 heteroatoms. The Balaban J connectivity index is 1.43. The average Bonchev–Trinajstić information content (AvgIpc) is 2.99. The first kappa shape index (κ1) is 28.2. The van der Waals surface area contributed by atoms with Crippen LogP contribution in [0.1, 0.15) is 6.42 Å². The number of nitrogens with zero attached hydrogens (tertiary/aromatic N) is 2. The molecule has 0 amide bonds. The van der Waals surface area contributed by atoms with Crippen molar-refractivity contribution in [2.24, 2.45) is 5.73 Å². The van der Waals surface area contributed by atoms with Gasteiger partial charge in [0.2, 0.25) is 14.7 Å². The zero-order valence-corrected chi connectivity index (χ0v) is 23.0. The van der Waals surface area contributed by atoms with E-state index in [0.29, 0.717) is 6.54 Å². The molecule has 0 aromatic heterocycles. The molecular weight excluding hydrogens is 514 g/mol. The Morgan fingerprint density at radius 3 is 2.03 bits per heavy atom. The Morgan fingerprint density at radius 2 is 1.46 bits per heavy atom. The summed E-state index contributed by atoms with van der Waals surface area (Å²) in [6.07, 6.45) is -0.383. The average molecular weight is 548 g/mol. The van der Waals surface area contributed by atoms with E-state index in [9.17, 15) is 13.2 Å². The fourth-order valence-corrected chi connectivity index (χ4v) is 5.91. The number of carbonyl (C=O) groups is 1. The van der Waals surface area contributed by atoms with Crippen LogP contribution in [0.15, 0.2) is 83.8 Å². The van der Waals surface area contributed by atoms with Crippen molar-refractivity contribution in [3.05, 3.63) is 78.9 Å². The lowest BCUT2D eigenvalue weighted by Crippen LogP contribution is -2.55. The standard InChI is InChI=1S/C30H33N3O5S/c1-37-27-14-10-24(11-15-27)25-12-16-28(17-13-25)39(35,36)30(31,29(34)38-2)18-6-7-19-32-20-22-33(23-21-32)26-8-4-3-5-9-26/h3-5,8-17H,18-23,31H2,1-2H3. The summed E-state index contributed by atoms with van der Waals surface area (Å²) >= 11 is 0. The summed E-state index contributed by atoms with van der Waals surface area (Å²) in [6.45, 7) is 3.85. The number of sulfone groups is 1. The first-order valence-electron chi connectivity index (χ1n) is 12.6. The van der Waals surface area contributed by atoms with Crippen molar-refractivity contribution in [3.8, 4) is 28.7 Å². The molecule has 0 aliphatic carbocycles. The molecule has 204 valence electrons. The van der Waals surface area contributed by atoms with Crippen molar-refractivity contribution < 1.29 is 22.7 Å². The van der Waals surface area contributed by atoms with Crippen molar-refractivity contribution in [1.29, 1.82) is 0 Å². The van der Waals surface area contributed by atoms with Crippen molar-refractivity contribution in [3.63, 3.8) is 0 Å². The van der Waals surface area contributed by atoms with Crippen LogP contribution in [0.25, 0.3) is 11.1 Å². The van der Waals surface area contributed by atoms with Gasteiger partial charge >= 0.3 is 5.97 Å². The maximum absolute atomic E-state index is 13.5. The SMILES string of the molecule is COC(=O)C(N)(CC#CCN1CCN(c2ccccc2)CC1)S(=O)(=O)c1ccc(-c2ccc(OC)cc2)cc1. The van der Waals surface area contributed by atoms with Crippen molar-refractivity contribution in [2.45, 2.75) is 16.2 Å². The minimum atomic E-state index is -4.30. The van der Waals surface area contributed by atoms with Gasteiger partial charge in [-0.25, -0.2) is 13.2 Å². The number of para-hydroxylation sites is 1. The Hall–Kier alpha value is -3.84. The van der Waals surface area contributed by atoms with Gasteiger partial charge < -0.3 is 20.1 Å². The molecule has 1 aliphatic rings. The Kier molecular flexibility index (Phi) is 8.92. The molecule has 0 bridgehead atoms. The topological polar surface area (TPSA) is 102 Å². The number of benzene rings is 3. The molecule has 0 saturated carbocycles. The third-order valence-electron chi connectivity index (χ3n) is 6.87. The molecule has 4 rings (SSSR count). The normalized spacial score (nSPS) is 15.5. The van der Waals surface area contributed by atoms with Crippen LogP contribution in [-0.2, 0) is 19.4 Å². The molecule has 1 atom stereocenters. The minimum absolute atomic E-state index is 0.0773. The Bertz CT molecular complexity index is 1420. The third kappa shape index (κ3) is 6.25. The molecule has 1 saturated heterocycles. The van der Waals surface area contributed by atoms with Crippen LogP contribution in [0.2, 0.25) is 0 Å². The van der Waals surface area contributed by atoms with E-state index < -0.39 is 20.7 Å². The van der Waals surface area contributed by atoms with E-state index in [-0.39, 0.29) is 11.3 Å². The number of methoxy groups -OCH3 is 2. The molecule has 3 aromatic rings. The zero-order valence-electron chi connectivity index (χ0n) is 22.2. The van der Waals surface area contributed by atoms with E-state index in [2.05, 4.69) is 33.8 Å². The molecular formula is C30H33N3O5S. The second-order valence-corrected chi connectivity index (χ2v) is 11.5. The van der Waals surface area contributed by atoms with E-state index in [1.807, 2.05) is 42.5 Å². The number of anilines is 1. The number of hydrogen-bond acceptors (Lipinski definition) is 8. The van der Waals surface area contributed by atoms with Gasteiger partial charge in [0.25, 0.3) is 0 Å². The van der Waals surface area contributed by atoms with Crippen LogP contribution < -0.4 is 15.4 Å². The first-order chi connectivity index (χ1) is 18.8. The van der Waals surface area contributed by atoms with Gasteiger partial charge in [-0.2, -0.15) is 0 Å². The zero-order chi connectivity index (χ0) is 27.9. The number of carbonyl (C=O) groups excluding carboxylic acids is 1. The van der Waals surface area contributed by atoms with Gasteiger partial charge in [0.15, 0.2) is 0 Å². The first-order valence-corrected chi connectivity index (χ1v) is 14.1. The molecule has 39 heavy (non-hydrogen) atoms. The highest BCUT2D eigenvalue weighted by Gasteiger charge is 2.49. The monoisotopic (exact) mass is 547 g/mol. The summed E-state index contributed by atoms with van der Waals surface area (Å²) in [5.41, 5.74) is 9.14. The third-order valence-corrected chi connectivity index (χ3v) is 9.03. The number of rotatable bonds is 8. The van der Waals surface area contributed by atoms with Crippen molar-refractivity contribution in [1.82, 2.24) is 4.90 Å². The molecule has 8 nitrogen and oxygen atoms in total. The summed E-state index contributed by atoms with van der Waals surface area (Å²) in [7, 11) is -1.60. The summed E-state index contributed by atoms with van der Waals surface area (Å²) in [5, 5.41) is 0. The lowest BCUT2D eigenvalue weighted by Gasteiger charge is -2.35. The predicted molar refractivity (Wildman–Crippen MR) is 152 cm³/mol. The quantitative estimate of drug-likeness (QED) is 0.339. The number of esters is 1. The van der Waals surface area contributed by atoms with Crippen molar-refractivity contribution >= 4 is 21.5 Å². The van der Waals surface area contributed by atoms with E-state index in [1.54, 1.807) is 19.2 Å². The lowest BCUT2D eigenvalue weighted by molar-refractivity contribution is -0.143. The largest absolute Gasteiger partial charge is 0.497 e. The second kappa shape index (κ2) is 12.3. The van der Waals surface area contributed by atoms with Crippen LogP contribution >= 0.6 is 0 Å². The van der Waals surface area contributed by atoms with E-state index in [1.165, 1.54) is 17.8 Å². The number of nitrogens with two attached hydrogens (primary N) is 1. The van der Waals surface area contributed by atoms with Gasteiger partial charge in [-0.15, -0.1) is 0 Å². The van der Waals surface area contributed by atoms with Crippen molar-refractivity contribution in [2.75, 3.05) is 51.8 Å². The lowest BCUT2D eigenvalue weighted by atomic mass is 10.1. The molecule has 1 fully saturated rings. The van der Waals surface area contributed by atoms with Crippen LogP contribution in [-0.4, -0.2) is 71.1 Å². The molecule has 3 aromatic carbocycles. The molecule has 2 N–H and O–H groups in total. The van der Waals surface area contributed by atoms with Gasteiger partial charge in [0, 0.05) is 31.9 Å². The summed E-state index contributed by atoms with van der Waals surface area (Å²) in [5.74, 6) is 5.51. The van der Waals surface area contributed by atoms with Gasteiger partial charge in [0.05, 0.1) is 32.1 Å². The smallest absolute Gasteiger partial charge is 0.343 e. The van der Waals surface area contributed by atoms with Gasteiger partial charge in [-0.3, -0.25) is 4.90 Å². The molecule has 1 heterocycles. The fourth-order valence-electron chi connectivity index (χ4n) is 4.43. The predicted octanol–water partition coefficient (Wildman–Crippen LogP) is 3.18. The minimum Gasteiger partial charge on any atom is -0.497 e. The maximum atomic E-state index is 13.5. The highest BCUT2D eigenvalue weighted by atomic mass is 32.2. The van der Waals surface area contributed by atoms with Gasteiger partial charge in [0.1, 0.15) is 5.75 Å². The maximum Gasteiger partial charge on any atom is 0.343 e. The van der Waals surface area contributed by atoms with Gasteiger partial charge in [-0.1, -0.05) is 54.3 Å². The Morgan fingerprint density at radius 1 is 0.872 bits per heavy atom. The van der Waals surface area contributed by atoms with Crippen LogP contribution in [0.4, 0.5) is 5.69 Å². The number of ether oxygens (including phenoxy) is 2. The molecule has 1 unspecified atom stereocenters. The van der Waals surface area contributed by atoms with Crippen LogP contribution in [0, 0.1) is 11.8 Å². The highest BCUT2D eigenvalue weighted by molar-refractivity contribution is 7.93. The van der Waals surface area contributed by atoms with Gasteiger partial charge in [-0.05, 0) is 47.5 Å². The Labute approximate surface area is 230 Å². The van der Waals surface area contributed by atoms with E-state index in [4.69, 9.17) is 15.2 Å². The van der Waals surface area contributed by atoms with Crippen LogP contribution in [0.5, 0.6) is 5.75 Å². The molecule has 1 aliphatic heterocycles. The second-order valence-electron chi connectivity index (χ2n) is 9.27. The number of piperazine rings is 1. The summed E-state index contributed by atoms with van der Waals surface area (Å²) in [6, 6.07) is 23.9. The summed E-state index contributed by atoms with van der Waals surface area (Å²) in [4.78, 5) is 14.7. The highest BCUT2D eigenvalue weighted by Crippen LogP contribution is 2.29. The van der Waals surface area contributed by atoms with E-state index >= 15 is 0 Å². The number of hydrogen-bond donors (Lipinski definition) is 1. The van der Waals surface area contributed by atoms with E-state index in [0.717, 1.165) is 50.2 Å². The molecule has 0 spiro atoms. The summed E-state index contributed by atoms with van der Waals surface area (Å²) < 4.78 is 37.0. The van der Waals surface area contributed by atoms with Crippen LogP contribution in [0.3, 0.4) is 0 Å². The fraction of sp³-hybridized carbons (Fsp3) is 0.300.